The van der Waals surface area contributed by atoms with Gasteiger partial charge in [-0.05, 0) is 31.2 Å². The first-order chi connectivity index (χ1) is 10.8. The second-order valence-corrected chi connectivity index (χ2v) is 6.38. The van der Waals surface area contributed by atoms with Gasteiger partial charge in [0.1, 0.15) is 0 Å². The van der Waals surface area contributed by atoms with E-state index in [4.69, 9.17) is 0 Å². The van der Waals surface area contributed by atoms with Crippen molar-refractivity contribution in [2.24, 2.45) is 0 Å². The summed E-state index contributed by atoms with van der Waals surface area (Å²) in [4.78, 5) is 9.72. The first-order valence-corrected chi connectivity index (χ1v) is 7.93. The molecule has 0 bridgehead atoms. The van der Waals surface area contributed by atoms with Gasteiger partial charge in [-0.25, -0.2) is 17.2 Å². The second-order valence-electron chi connectivity index (χ2n) is 4.52. The van der Waals surface area contributed by atoms with Crippen LogP contribution in [0, 0.1) is 21.7 Å². The molecule has 6 nitrogen and oxygen atoms in total. The van der Waals surface area contributed by atoms with Crippen molar-refractivity contribution in [3.63, 3.8) is 0 Å². The summed E-state index contributed by atoms with van der Waals surface area (Å²) < 4.78 is 52.3. The molecule has 0 fully saturated rings. The first-order valence-electron chi connectivity index (χ1n) is 6.49. The molecule has 0 saturated carbocycles. The van der Waals surface area contributed by atoms with E-state index >= 15 is 0 Å². The van der Waals surface area contributed by atoms with Crippen LogP contribution in [0.25, 0.3) is 0 Å². The fourth-order valence-electron chi connectivity index (χ4n) is 2.02. The van der Waals surface area contributed by atoms with Crippen molar-refractivity contribution in [3.05, 3.63) is 64.2 Å². The van der Waals surface area contributed by atoms with Crippen LogP contribution < -0.4 is 4.31 Å². The lowest BCUT2D eigenvalue weighted by molar-refractivity contribution is -0.384. The van der Waals surface area contributed by atoms with Crippen LogP contribution in [-0.2, 0) is 10.0 Å². The Morgan fingerprint density at radius 1 is 1.13 bits per heavy atom. The zero-order valence-corrected chi connectivity index (χ0v) is 12.8. The quantitative estimate of drug-likeness (QED) is 0.618. The number of nitrogens with zero attached hydrogens (tertiary/aromatic N) is 2. The van der Waals surface area contributed by atoms with Gasteiger partial charge in [0.15, 0.2) is 11.6 Å². The standard InChI is InChI=1S/C14H12F2N2O4S/c1-2-17(10-4-3-5-11(8-10)18(19)20)23(21,22)12-6-7-13(15)14(16)9-12/h3-9H,2H2,1H3. The van der Waals surface area contributed by atoms with Gasteiger partial charge in [-0.3, -0.25) is 14.4 Å². The maximum absolute atomic E-state index is 13.3. The predicted octanol–water partition coefficient (Wildman–Crippen LogP) is 3.09. The lowest BCUT2D eigenvalue weighted by Crippen LogP contribution is -2.30. The third-order valence-electron chi connectivity index (χ3n) is 3.09. The fraction of sp³-hybridized carbons (Fsp3) is 0.143. The van der Waals surface area contributed by atoms with Crippen LogP contribution in [0.1, 0.15) is 6.92 Å². The number of halogens is 2. The average Bonchev–Trinajstić information content (AvgIpc) is 2.50. The minimum Gasteiger partial charge on any atom is -0.266 e. The molecule has 0 aliphatic carbocycles. The first kappa shape index (κ1) is 16.8. The van der Waals surface area contributed by atoms with E-state index < -0.39 is 31.5 Å². The summed E-state index contributed by atoms with van der Waals surface area (Å²) in [5, 5.41) is 10.8. The SMILES string of the molecule is CCN(c1cccc([N+](=O)[O-])c1)S(=O)(=O)c1ccc(F)c(F)c1. The molecule has 0 N–H and O–H groups in total. The number of non-ortho nitro benzene ring substituents is 1. The monoisotopic (exact) mass is 342 g/mol. The molecule has 0 aromatic heterocycles. The maximum atomic E-state index is 13.3. The fourth-order valence-corrected chi connectivity index (χ4v) is 3.50. The molecule has 0 aliphatic heterocycles. The number of rotatable bonds is 5. The molecular formula is C14H12F2N2O4S. The number of hydrogen-bond acceptors (Lipinski definition) is 4. The van der Waals surface area contributed by atoms with E-state index in [-0.39, 0.29) is 17.9 Å². The Morgan fingerprint density at radius 2 is 1.83 bits per heavy atom. The van der Waals surface area contributed by atoms with Gasteiger partial charge in [0, 0.05) is 18.7 Å². The van der Waals surface area contributed by atoms with Gasteiger partial charge in [-0.1, -0.05) is 6.07 Å². The minimum atomic E-state index is -4.18. The molecule has 2 rings (SSSR count). The van der Waals surface area contributed by atoms with Crippen LogP contribution in [0.4, 0.5) is 20.2 Å². The normalized spacial score (nSPS) is 11.3. The largest absolute Gasteiger partial charge is 0.271 e. The second kappa shape index (κ2) is 6.29. The zero-order chi connectivity index (χ0) is 17.2. The van der Waals surface area contributed by atoms with Crippen molar-refractivity contribution in [1.29, 1.82) is 0 Å². The highest BCUT2D eigenvalue weighted by Crippen LogP contribution is 2.27. The van der Waals surface area contributed by atoms with E-state index in [1.54, 1.807) is 0 Å². The molecule has 9 heteroatoms. The van der Waals surface area contributed by atoms with E-state index in [0.29, 0.717) is 12.1 Å². The van der Waals surface area contributed by atoms with Crippen LogP contribution in [0.15, 0.2) is 47.4 Å². The molecule has 0 heterocycles. The van der Waals surface area contributed by atoms with E-state index in [0.717, 1.165) is 16.4 Å². The highest BCUT2D eigenvalue weighted by molar-refractivity contribution is 7.92. The summed E-state index contributed by atoms with van der Waals surface area (Å²) in [7, 11) is -4.18. The van der Waals surface area contributed by atoms with Crippen molar-refractivity contribution in [2.75, 3.05) is 10.8 Å². The van der Waals surface area contributed by atoms with Crippen molar-refractivity contribution in [1.82, 2.24) is 0 Å². The number of benzene rings is 2. The van der Waals surface area contributed by atoms with Crippen molar-refractivity contribution < 1.29 is 22.1 Å². The third-order valence-corrected chi connectivity index (χ3v) is 4.99. The van der Waals surface area contributed by atoms with Gasteiger partial charge >= 0.3 is 0 Å². The number of hydrogen-bond donors (Lipinski definition) is 0. The Morgan fingerprint density at radius 3 is 2.39 bits per heavy atom. The van der Waals surface area contributed by atoms with Crippen molar-refractivity contribution in [2.45, 2.75) is 11.8 Å². The number of anilines is 1. The zero-order valence-electron chi connectivity index (χ0n) is 11.9. The van der Waals surface area contributed by atoms with Crippen LogP contribution in [0.3, 0.4) is 0 Å². The molecule has 0 atom stereocenters. The smallest absolute Gasteiger partial charge is 0.266 e. The summed E-state index contributed by atoms with van der Waals surface area (Å²) in [6.45, 7) is 1.48. The van der Waals surface area contributed by atoms with E-state index in [9.17, 15) is 27.3 Å². The molecule has 0 radical (unpaired) electrons. The van der Waals surface area contributed by atoms with Crippen molar-refractivity contribution in [3.8, 4) is 0 Å². The highest BCUT2D eigenvalue weighted by atomic mass is 32.2. The lowest BCUT2D eigenvalue weighted by atomic mass is 10.3. The summed E-state index contributed by atoms with van der Waals surface area (Å²) in [6, 6.07) is 7.27. The average molecular weight is 342 g/mol. The number of nitro groups is 1. The number of sulfonamides is 1. The maximum Gasteiger partial charge on any atom is 0.271 e. The Kier molecular flexibility index (Phi) is 4.60. The molecule has 2 aromatic carbocycles. The Hall–Kier alpha value is -2.55. The van der Waals surface area contributed by atoms with E-state index in [1.807, 2.05) is 0 Å². The Balaban J connectivity index is 2.52. The molecule has 0 unspecified atom stereocenters. The molecule has 2 aromatic rings. The number of nitro benzene ring substituents is 1. The van der Waals surface area contributed by atoms with Crippen LogP contribution in [0.5, 0.6) is 0 Å². The van der Waals surface area contributed by atoms with Gasteiger partial charge < -0.3 is 0 Å². The van der Waals surface area contributed by atoms with Crippen LogP contribution >= 0.6 is 0 Å². The lowest BCUT2D eigenvalue weighted by Gasteiger charge is -2.22. The van der Waals surface area contributed by atoms with Gasteiger partial charge in [-0.15, -0.1) is 0 Å². The molecule has 122 valence electrons. The molecule has 23 heavy (non-hydrogen) atoms. The summed E-state index contributed by atoms with van der Waals surface area (Å²) in [6.07, 6.45) is 0. The van der Waals surface area contributed by atoms with E-state index in [2.05, 4.69) is 0 Å². The molecule has 0 spiro atoms. The Bertz CT molecular complexity index is 856. The minimum absolute atomic E-state index is 0.0392. The molecule has 0 aliphatic rings. The molecular weight excluding hydrogens is 330 g/mol. The van der Waals surface area contributed by atoms with Gasteiger partial charge in [0.25, 0.3) is 15.7 Å². The van der Waals surface area contributed by atoms with Gasteiger partial charge in [0.05, 0.1) is 15.5 Å². The predicted molar refractivity (Wildman–Crippen MR) is 79.7 cm³/mol. The van der Waals surface area contributed by atoms with Crippen LogP contribution in [0.2, 0.25) is 0 Å². The van der Waals surface area contributed by atoms with Gasteiger partial charge in [-0.2, -0.15) is 0 Å². The third kappa shape index (κ3) is 3.29. The Labute approximate surface area is 131 Å². The van der Waals surface area contributed by atoms with Crippen LogP contribution in [-0.4, -0.2) is 19.9 Å². The highest BCUT2D eigenvalue weighted by Gasteiger charge is 2.25. The summed E-state index contributed by atoms with van der Waals surface area (Å²) >= 11 is 0. The van der Waals surface area contributed by atoms with E-state index in [1.165, 1.54) is 25.1 Å². The summed E-state index contributed by atoms with van der Waals surface area (Å²) in [5.74, 6) is -2.46. The summed E-state index contributed by atoms with van der Waals surface area (Å²) in [5.41, 5.74) is -0.215. The molecule has 0 saturated heterocycles. The van der Waals surface area contributed by atoms with Gasteiger partial charge in [0.2, 0.25) is 0 Å². The molecule has 0 amide bonds. The van der Waals surface area contributed by atoms with Crippen molar-refractivity contribution >= 4 is 21.4 Å². The topological polar surface area (TPSA) is 80.5 Å².